The minimum Gasteiger partial charge on any atom is -0.486 e. The minimum absolute atomic E-state index is 0.103. The van der Waals surface area contributed by atoms with Crippen molar-refractivity contribution in [1.82, 2.24) is 0 Å². The van der Waals surface area contributed by atoms with E-state index in [-0.39, 0.29) is 16.0 Å². The van der Waals surface area contributed by atoms with Crippen LogP contribution in [0.15, 0.2) is 18.2 Å². The van der Waals surface area contributed by atoms with Gasteiger partial charge in [-0.3, -0.25) is 10.1 Å². The summed E-state index contributed by atoms with van der Waals surface area (Å²) < 4.78 is 5.43. The monoisotopic (exact) mass is 191 g/mol. The van der Waals surface area contributed by atoms with Crippen LogP contribution in [0, 0.1) is 10.1 Å². The van der Waals surface area contributed by atoms with Crippen molar-refractivity contribution in [2.45, 2.75) is 18.3 Å². The summed E-state index contributed by atoms with van der Waals surface area (Å²) in [7, 11) is 0. The highest BCUT2D eigenvalue weighted by molar-refractivity contribution is 5.58. The Labute approximate surface area is 80.6 Å². The summed E-state index contributed by atoms with van der Waals surface area (Å²) in [6, 6.07) is 5.19. The minimum atomic E-state index is -0.375. The van der Waals surface area contributed by atoms with Crippen LogP contribution in [-0.2, 0) is 5.41 Å². The average Bonchev–Trinajstić information content (AvgIpc) is 2.85. The van der Waals surface area contributed by atoms with Crippen LogP contribution < -0.4 is 4.74 Å². The third-order valence-electron chi connectivity index (χ3n) is 3.11. The summed E-state index contributed by atoms with van der Waals surface area (Å²) in [5.74, 6) is 0.495. The molecule has 0 N–H and O–H groups in total. The van der Waals surface area contributed by atoms with Gasteiger partial charge < -0.3 is 4.74 Å². The van der Waals surface area contributed by atoms with Gasteiger partial charge in [-0.25, -0.2) is 0 Å². The Morgan fingerprint density at radius 2 is 2.21 bits per heavy atom. The van der Waals surface area contributed by atoms with Crippen molar-refractivity contribution in [2.24, 2.45) is 0 Å². The quantitative estimate of drug-likeness (QED) is 0.504. The maximum atomic E-state index is 10.7. The van der Waals surface area contributed by atoms with Gasteiger partial charge in [0.1, 0.15) is 0 Å². The van der Waals surface area contributed by atoms with E-state index in [2.05, 4.69) is 0 Å². The van der Waals surface area contributed by atoms with Gasteiger partial charge in [-0.05, 0) is 12.8 Å². The molecular weight excluding hydrogens is 182 g/mol. The number of fused-ring (bicyclic) bond motifs is 2. The highest BCUT2D eigenvalue weighted by atomic mass is 16.6. The third-order valence-corrected chi connectivity index (χ3v) is 3.11. The molecule has 1 aliphatic carbocycles. The normalized spacial score (nSPS) is 20.3. The van der Waals surface area contributed by atoms with Crippen molar-refractivity contribution in [3.63, 3.8) is 0 Å². The molecular formula is C10H9NO3. The number of hydrogen-bond acceptors (Lipinski definition) is 3. The van der Waals surface area contributed by atoms with Gasteiger partial charge >= 0.3 is 5.69 Å². The van der Waals surface area contributed by atoms with Gasteiger partial charge in [0, 0.05) is 17.0 Å². The van der Waals surface area contributed by atoms with E-state index >= 15 is 0 Å². The predicted octanol–water partition coefficient (Wildman–Crippen LogP) is 2.02. The number of nitro groups is 1. The zero-order valence-electron chi connectivity index (χ0n) is 7.53. The molecule has 0 saturated heterocycles. The van der Waals surface area contributed by atoms with Crippen LogP contribution in [0.25, 0.3) is 0 Å². The number of para-hydroxylation sites is 1. The van der Waals surface area contributed by atoms with Crippen molar-refractivity contribution >= 4 is 5.69 Å². The van der Waals surface area contributed by atoms with E-state index in [1.165, 1.54) is 6.07 Å². The highest BCUT2D eigenvalue weighted by Crippen LogP contribution is 2.57. The molecule has 1 aromatic carbocycles. The molecule has 14 heavy (non-hydrogen) atoms. The molecule has 0 unspecified atom stereocenters. The number of benzene rings is 1. The molecule has 1 saturated carbocycles. The van der Waals surface area contributed by atoms with Crippen LogP contribution in [0.3, 0.4) is 0 Å². The number of rotatable bonds is 1. The van der Waals surface area contributed by atoms with Crippen LogP contribution in [0.2, 0.25) is 0 Å². The van der Waals surface area contributed by atoms with E-state index in [9.17, 15) is 10.1 Å². The summed E-state index contributed by atoms with van der Waals surface area (Å²) >= 11 is 0. The van der Waals surface area contributed by atoms with Crippen LogP contribution in [0.4, 0.5) is 5.69 Å². The summed E-state index contributed by atoms with van der Waals surface area (Å²) in [6.07, 6.45) is 2.20. The fourth-order valence-corrected chi connectivity index (χ4v) is 2.09. The number of ether oxygens (including phenoxy) is 1. The SMILES string of the molecule is O=[N+]([O-])c1cccc2c1OCC21CC1. The lowest BCUT2D eigenvalue weighted by Gasteiger charge is -2.01. The number of hydrogen-bond donors (Lipinski definition) is 0. The van der Waals surface area contributed by atoms with Gasteiger partial charge in [-0.2, -0.15) is 0 Å². The van der Waals surface area contributed by atoms with Gasteiger partial charge in [0.25, 0.3) is 0 Å². The lowest BCUT2D eigenvalue weighted by molar-refractivity contribution is -0.385. The Bertz CT molecular complexity index is 423. The Hall–Kier alpha value is -1.58. The zero-order valence-corrected chi connectivity index (χ0v) is 7.53. The summed E-state index contributed by atoms with van der Waals surface area (Å²) in [4.78, 5) is 10.3. The average molecular weight is 191 g/mol. The molecule has 1 fully saturated rings. The molecule has 1 heterocycles. The molecule has 72 valence electrons. The van der Waals surface area contributed by atoms with E-state index in [0.717, 1.165) is 18.4 Å². The fourth-order valence-electron chi connectivity index (χ4n) is 2.09. The summed E-state index contributed by atoms with van der Waals surface area (Å²) in [5, 5.41) is 10.7. The van der Waals surface area contributed by atoms with E-state index in [1.807, 2.05) is 6.07 Å². The third kappa shape index (κ3) is 0.828. The molecule has 1 aromatic rings. The van der Waals surface area contributed by atoms with Gasteiger partial charge in [0.05, 0.1) is 11.5 Å². The van der Waals surface area contributed by atoms with E-state index in [4.69, 9.17) is 4.74 Å². The van der Waals surface area contributed by atoms with Crippen molar-refractivity contribution in [3.8, 4) is 5.75 Å². The standard InChI is InChI=1S/C10H9NO3/c12-11(13)8-3-1-2-7-9(8)14-6-10(7)4-5-10/h1-3H,4-6H2. The lowest BCUT2D eigenvalue weighted by atomic mass is 9.98. The first kappa shape index (κ1) is 7.79. The first-order chi connectivity index (χ1) is 6.73. The van der Waals surface area contributed by atoms with Gasteiger partial charge in [0.15, 0.2) is 0 Å². The molecule has 0 bridgehead atoms. The molecule has 0 atom stereocenters. The maximum absolute atomic E-state index is 10.7. The molecule has 0 amide bonds. The van der Waals surface area contributed by atoms with Crippen molar-refractivity contribution < 1.29 is 9.66 Å². The maximum Gasteiger partial charge on any atom is 0.311 e. The molecule has 0 aromatic heterocycles. The second-order valence-corrected chi connectivity index (χ2v) is 3.98. The van der Waals surface area contributed by atoms with E-state index in [1.54, 1.807) is 6.07 Å². The van der Waals surface area contributed by atoms with Crippen molar-refractivity contribution in [3.05, 3.63) is 33.9 Å². The molecule has 4 nitrogen and oxygen atoms in total. The Kier molecular flexibility index (Phi) is 1.26. The molecule has 4 heteroatoms. The summed E-state index contributed by atoms with van der Waals surface area (Å²) in [6.45, 7) is 0.618. The van der Waals surface area contributed by atoms with Crippen molar-refractivity contribution in [1.29, 1.82) is 0 Å². The topological polar surface area (TPSA) is 52.4 Å². The Morgan fingerprint density at radius 3 is 2.86 bits per heavy atom. The van der Waals surface area contributed by atoms with E-state index < -0.39 is 0 Å². The lowest BCUT2D eigenvalue weighted by Crippen LogP contribution is -2.06. The van der Waals surface area contributed by atoms with Crippen LogP contribution in [-0.4, -0.2) is 11.5 Å². The van der Waals surface area contributed by atoms with Crippen LogP contribution in [0.5, 0.6) is 5.75 Å². The largest absolute Gasteiger partial charge is 0.486 e. The molecule has 0 radical (unpaired) electrons. The van der Waals surface area contributed by atoms with Crippen molar-refractivity contribution in [2.75, 3.05) is 6.61 Å². The van der Waals surface area contributed by atoms with Gasteiger partial charge in [0.2, 0.25) is 5.75 Å². The summed E-state index contributed by atoms with van der Waals surface area (Å²) in [5.41, 5.74) is 1.26. The molecule has 1 spiro atoms. The zero-order chi connectivity index (χ0) is 9.76. The van der Waals surface area contributed by atoms with Crippen LogP contribution in [0.1, 0.15) is 18.4 Å². The van der Waals surface area contributed by atoms with E-state index in [0.29, 0.717) is 12.4 Å². The van der Waals surface area contributed by atoms with Gasteiger partial charge in [-0.1, -0.05) is 12.1 Å². The fraction of sp³-hybridized carbons (Fsp3) is 0.400. The second kappa shape index (κ2) is 2.26. The van der Waals surface area contributed by atoms with Crippen LogP contribution >= 0.6 is 0 Å². The molecule has 3 rings (SSSR count). The first-order valence-electron chi connectivity index (χ1n) is 4.64. The highest BCUT2D eigenvalue weighted by Gasteiger charge is 2.52. The second-order valence-electron chi connectivity index (χ2n) is 3.98. The first-order valence-corrected chi connectivity index (χ1v) is 4.64. The molecule has 1 aliphatic heterocycles. The Balaban J connectivity index is 2.19. The predicted molar refractivity (Wildman–Crippen MR) is 49.5 cm³/mol. The number of nitro benzene ring substituents is 1. The Morgan fingerprint density at radius 1 is 1.43 bits per heavy atom. The van der Waals surface area contributed by atoms with Gasteiger partial charge in [-0.15, -0.1) is 0 Å². The number of nitrogens with zero attached hydrogens (tertiary/aromatic N) is 1. The molecule has 2 aliphatic rings. The smallest absolute Gasteiger partial charge is 0.311 e.